The highest BCUT2D eigenvalue weighted by Gasteiger charge is 2.21. The van der Waals surface area contributed by atoms with Crippen LogP contribution < -0.4 is 0 Å². The summed E-state index contributed by atoms with van der Waals surface area (Å²) in [5.74, 6) is 0.192. The van der Waals surface area contributed by atoms with Crippen molar-refractivity contribution in [2.75, 3.05) is 6.61 Å². The lowest BCUT2D eigenvalue weighted by atomic mass is 9.96. The van der Waals surface area contributed by atoms with Crippen molar-refractivity contribution in [1.29, 1.82) is 0 Å². The number of unbranched alkanes of at least 4 members (excludes halogenated alkanes) is 13. The molecule has 0 aliphatic carbocycles. The first-order valence-electron chi connectivity index (χ1n) is 13.7. The van der Waals surface area contributed by atoms with E-state index in [2.05, 4.69) is 34.6 Å². The van der Waals surface area contributed by atoms with E-state index in [1.54, 1.807) is 0 Å². The van der Waals surface area contributed by atoms with E-state index >= 15 is 0 Å². The molecule has 0 rings (SSSR count). The quantitative estimate of drug-likeness (QED) is 0.122. The van der Waals surface area contributed by atoms with Crippen LogP contribution in [0.4, 0.5) is 0 Å². The van der Waals surface area contributed by atoms with Gasteiger partial charge in [0.25, 0.3) is 0 Å². The molecule has 0 fully saturated rings. The van der Waals surface area contributed by atoms with Gasteiger partial charge in [-0.15, -0.1) is 0 Å². The molecule has 0 aromatic heterocycles. The SMILES string of the molecule is CCCCCCCCCCCCCCCCOC(=O)CCCC(=O)OC(C(C)C)C(C)C. The summed E-state index contributed by atoms with van der Waals surface area (Å²) in [5.41, 5.74) is 0. The van der Waals surface area contributed by atoms with Crippen LogP contribution in [0.3, 0.4) is 0 Å². The Labute approximate surface area is 199 Å². The molecule has 0 aliphatic rings. The Balaban J connectivity index is 3.44. The maximum atomic E-state index is 12.0. The Morgan fingerprint density at radius 3 is 1.41 bits per heavy atom. The van der Waals surface area contributed by atoms with Crippen molar-refractivity contribution in [3.8, 4) is 0 Å². The van der Waals surface area contributed by atoms with E-state index in [1.807, 2.05) is 0 Å². The Morgan fingerprint density at radius 2 is 0.969 bits per heavy atom. The molecule has 0 aliphatic heterocycles. The van der Waals surface area contributed by atoms with Crippen molar-refractivity contribution in [2.24, 2.45) is 11.8 Å². The van der Waals surface area contributed by atoms with E-state index in [0.717, 1.165) is 12.8 Å². The maximum Gasteiger partial charge on any atom is 0.306 e. The largest absolute Gasteiger partial charge is 0.466 e. The fraction of sp³-hybridized carbons (Fsp3) is 0.929. The molecule has 190 valence electrons. The minimum atomic E-state index is -0.211. The summed E-state index contributed by atoms with van der Waals surface area (Å²) < 4.78 is 10.9. The van der Waals surface area contributed by atoms with Gasteiger partial charge in [-0.2, -0.15) is 0 Å². The number of ether oxygens (including phenoxy) is 2. The highest BCUT2D eigenvalue weighted by molar-refractivity contribution is 5.72. The number of rotatable bonds is 22. The smallest absolute Gasteiger partial charge is 0.306 e. The molecular formula is C28H54O4. The summed E-state index contributed by atoms with van der Waals surface area (Å²) in [6.45, 7) is 11.0. The molecule has 0 atom stereocenters. The average Bonchev–Trinajstić information content (AvgIpc) is 2.74. The molecule has 0 heterocycles. The predicted octanol–water partition coefficient (Wildman–Crippen LogP) is 8.41. The topological polar surface area (TPSA) is 52.6 Å². The molecule has 0 spiro atoms. The van der Waals surface area contributed by atoms with Gasteiger partial charge in [0, 0.05) is 12.8 Å². The van der Waals surface area contributed by atoms with E-state index in [0.29, 0.717) is 31.3 Å². The lowest BCUT2D eigenvalue weighted by Crippen LogP contribution is -2.28. The van der Waals surface area contributed by atoms with Gasteiger partial charge in [-0.05, 0) is 24.7 Å². The number of esters is 2. The van der Waals surface area contributed by atoms with Crippen LogP contribution in [0.1, 0.15) is 144 Å². The van der Waals surface area contributed by atoms with Crippen molar-refractivity contribution < 1.29 is 19.1 Å². The fourth-order valence-electron chi connectivity index (χ4n) is 4.18. The van der Waals surface area contributed by atoms with Crippen molar-refractivity contribution in [2.45, 2.75) is 150 Å². The molecule has 0 unspecified atom stereocenters. The number of hydrogen-bond donors (Lipinski definition) is 0. The van der Waals surface area contributed by atoms with Gasteiger partial charge in [0.2, 0.25) is 0 Å². The zero-order valence-corrected chi connectivity index (χ0v) is 22.1. The third-order valence-corrected chi connectivity index (χ3v) is 6.10. The van der Waals surface area contributed by atoms with Crippen LogP contribution in [0, 0.1) is 11.8 Å². The summed E-state index contributed by atoms with van der Waals surface area (Å²) in [4.78, 5) is 23.8. The number of hydrogen-bond acceptors (Lipinski definition) is 4. The summed E-state index contributed by atoms with van der Waals surface area (Å²) in [7, 11) is 0. The molecule has 0 aromatic carbocycles. The summed E-state index contributed by atoms with van der Waals surface area (Å²) in [6, 6.07) is 0. The molecule has 0 N–H and O–H groups in total. The van der Waals surface area contributed by atoms with E-state index in [9.17, 15) is 9.59 Å². The second-order valence-electron chi connectivity index (χ2n) is 10.1. The average molecular weight is 455 g/mol. The normalized spacial score (nSPS) is 11.5. The standard InChI is InChI=1S/C28H54O4/c1-6-7-8-9-10-11-12-13-14-15-16-17-18-19-23-31-26(29)21-20-22-27(30)32-28(24(2)3)25(4)5/h24-25,28H,6-23H2,1-5H3. The van der Waals surface area contributed by atoms with Gasteiger partial charge in [-0.25, -0.2) is 0 Å². The first kappa shape index (κ1) is 30.9. The van der Waals surface area contributed by atoms with Crippen molar-refractivity contribution in [3.05, 3.63) is 0 Å². The van der Waals surface area contributed by atoms with Gasteiger partial charge >= 0.3 is 11.9 Å². The van der Waals surface area contributed by atoms with Gasteiger partial charge in [0.05, 0.1) is 6.61 Å². The maximum absolute atomic E-state index is 12.0. The van der Waals surface area contributed by atoms with Crippen LogP contribution in [-0.4, -0.2) is 24.6 Å². The van der Waals surface area contributed by atoms with Crippen LogP contribution >= 0.6 is 0 Å². The Bertz CT molecular complexity index is 437. The number of carbonyl (C=O) groups excluding carboxylic acids is 2. The van der Waals surface area contributed by atoms with Crippen molar-refractivity contribution in [3.63, 3.8) is 0 Å². The summed E-state index contributed by atoms with van der Waals surface area (Å²) in [5, 5.41) is 0. The monoisotopic (exact) mass is 454 g/mol. The molecule has 32 heavy (non-hydrogen) atoms. The molecule has 0 saturated carbocycles. The first-order valence-corrected chi connectivity index (χ1v) is 13.7. The molecule has 4 heteroatoms. The van der Waals surface area contributed by atoms with Gasteiger partial charge < -0.3 is 9.47 Å². The van der Waals surface area contributed by atoms with E-state index in [-0.39, 0.29) is 24.5 Å². The van der Waals surface area contributed by atoms with Crippen LogP contribution in [0.5, 0.6) is 0 Å². The minimum absolute atomic E-state index is 0.0604. The highest BCUT2D eigenvalue weighted by atomic mass is 16.5. The third-order valence-electron chi connectivity index (χ3n) is 6.10. The number of carbonyl (C=O) groups is 2. The Kier molecular flexibility index (Phi) is 21.0. The lowest BCUT2D eigenvalue weighted by molar-refractivity contribution is -0.154. The fourth-order valence-corrected chi connectivity index (χ4v) is 4.18. The molecule has 4 nitrogen and oxygen atoms in total. The van der Waals surface area contributed by atoms with Gasteiger partial charge in [-0.3, -0.25) is 9.59 Å². The van der Waals surface area contributed by atoms with Crippen LogP contribution in [0.15, 0.2) is 0 Å². The van der Waals surface area contributed by atoms with Crippen LogP contribution in [0.2, 0.25) is 0 Å². The van der Waals surface area contributed by atoms with Crippen molar-refractivity contribution >= 4 is 11.9 Å². The molecule has 0 aromatic rings. The molecule has 0 saturated heterocycles. The molecule has 0 amide bonds. The van der Waals surface area contributed by atoms with E-state index < -0.39 is 0 Å². The minimum Gasteiger partial charge on any atom is -0.466 e. The summed E-state index contributed by atoms with van der Waals surface area (Å²) in [6.07, 6.45) is 19.5. The van der Waals surface area contributed by atoms with E-state index in [1.165, 1.54) is 77.0 Å². The van der Waals surface area contributed by atoms with Gasteiger partial charge in [0.1, 0.15) is 6.10 Å². The highest BCUT2D eigenvalue weighted by Crippen LogP contribution is 2.17. The molecular weight excluding hydrogens is 400 g/mol. The lowest BCUT2D eigenvalue weighted by Gasteiger charge is -2.24. The van der Waals surface area contributed by atoms with Crippen LogP contribution in [0.25, 0.3) is 0 Å². The second kappa shape index (κ2) is 21.8. The zero-order chi connectivity index (χ0) is 24.0. The predicted molar refractivity (Wildman–Crippen MR) is 135 cm³/mol. The molecule has 0 bridgehead atoms. The second-order valence-corrected chi connectivity index (χ2v) is 10.1. The van der Waals surface area contributed by atoms with Gasteiger partial charge in [-0.1, -0.05) is 118 Å². The summed E-state index contributed by atoms with van der Waals surface area (Å²) >= 11 is 0. The van der Waals surface area contributed by atoms with Crippen molar-refractivity contribution in [1.82, 2.24) is 0 Å². The zero-order valence-electron chi connectivity index (χ0n) is 22.1. The first-order chi connectivity index (χ1) is 15.4. The third kappa shape index (κ3) is 19.6. The van der Waals surface area contributed by atoms with Crippen LogP contribution in [-0.2, 0) is 19.1 Å². The Morgan fingerprint density at radius 1 is 0.562 bits per heavy atom. The van der Waals surface area contributed by atoms with E-state index in [4.69, 9.17) is 9.47 Å². The molecule has 0 radical (unpaired) electrons. The Hall–Kier alpha value is -1.06. The van der Waals surface area contributed by atoms with Gasteiger partial charge in [0.15, 0.2) is 0 Å².